The lowest BCUT2D eigenvalue weighted by Crippen LogP contribution is -2.38. The quantitative estimate of drug-likeness (QED) is 0.756. The number of nitrogens with one attached hydrogen (secondary N) is 1. The summed E-state index contributed by atoms with van der Waals surface area (Å²) >= 11 is 0. The summed E-state index contributed by atoms with van der Waals surface area (Å²) in [5, 5.41) is 0. The number of rotatable bonds is 6. The van der Waals surface area contributed by atoms with Crippen LogP contribution in [0.4, 0.5) is 4.39 Å². The highest BCUT2D eigenvalue weighted by atomic mass is 32.2. The fourth-order valence-electron chi connectivity index (χ4n) is 2.86. The summed E-state index contributed by atoms with van der Waals surface area (Å²) in [7, 11) is -2.57. The zero-order valence-corrected chi connectivity index (χ0v) is 15.5. The lowest BCUT2D eigenvalue weighted by atomic mass is 10.1. The second kappa shape index (κ2) is 7.09. The van der Waals surface area contributed by atoms with Crippen molar-refractivity contribution in [3.63, 3.8) is 0 Å². The van der Waals surface area contributed by atoms with Gasteiger partial charge in [-0.05, 0) is 36.8 Å². The largest absolute Gasteiger partial charge is 0.495 e. The van der Waals surface area contributed by atoms with E-state index < -0.39 is 27.7 Å². The van der Waals surface area contributed by atoms with Crippen molar-refractivity contribution in [2.24, 2.45) is 0 Å². The second-order valence-electron chi connectivity index (χ2n) is 5.98. The number of ether oxygens (including phenoxy) is 1. The Bertz CT molecular complexity index is 1040. The molecule has 3 rings (SSSR count). The van der Waals surface area contributed by atoms with E-state index in [0.717, 1.165) is 16.5 Å². The van der Waals surface area contributed by atoms with Gasteiger partial charge in [0.2, 0.25) is 10.0 Å². The smallest absolute Gasteiger partial charge is 0.264 e. The van der Waals surface area contributed by atoms with Gasteiger partial charge in [0.15, 0.2) is 0 Å². The maximum absolute atomic E-state index is 13.8. The third kappa shape index (κ3) is 3.43. The van der Waals surface area contributed by atoms with Crippen LogP contribution in [0.15, 0.2) is 41.3 Å². The van der Waals surface area contributed by atoms with Gasteiger partial charge >= 0.3 is 0 Å². The molecule has 0 aliphatic carbocycles. The van der Waals surface area contributed by atoms with E-state index in [2.05, 4.69) is 4.72 Å². The van der Waals surface area contributed by atoms with Crippen LogP contribution in [0.5, 0.6) is 5.75 Å². The minimum Gasteiger partial charge on any atom is -0.495 e. The number of halogens is 1. The Morgan fingerprint density at radius 1 is 1.15 bits per heavy atom. The molecular formula is C18H17FN2O5S. The minimum absolute atomic E-state index is 0.0248. The number of hydrogen-bond donors (Lipinski definition) is 1. The van der Waals surface area contributed by atoms with E-state index in [1.54, 1.807) is 13.0 Å². The molecule has 0 saturated heterocycles. The van der Waals surface area contributed by atoms with Crippen molar-refractivity contribution in [2.45, 2.75) is 11.8 Å². The molecule has 0 aromatic heterocycles. The fraction of sp³-hybridized carbons (Fsp3) is 0.222. The van der Waals surface area contributed by atoms with Crippen molar-refractivity contribution in [3.8, 4) is 5.75 Å². The van der Waals surface area contributed by atoms with Gasteiger partial charge < -0.3 is 4.74 Å². The summed E-state index contributed by atoms with van der Waals surface area (Å²) in [6, 6.07) is 8.51. The molecule has 0 unspecified atom stereocenters. The number of fused-ring (bicyclic) bond motifs is 1. The molecule has 2 aromatic carbocycles. The molecule has 2 aromatic rings. The molecule has 142 valence electrons. The Hall–Kier alpha value is -2.78. The number of aryl methyl sites for hydroxylation is 1. The van der Waals surface area contributed by atoms with Gasteiger partial charge in [-0.1, -0.05) is 12.1 Å². The summed E-state index contributed by atoms with van der Waals surface area (Å²) < 4.78 is 46.3. The van der Waals surface area contributed by atoms with Gasteiger partial charge in [0, 0.05) is 13.1 Å². The van der Waals surface area contributed by atoms with Gasteiger partial charge in [-0.25, -0.2) is 17.5 Å². The molecular weight excluding hydrogens is 375 g/mol. The van der Waals surface area contributed by atoms with E-state index >= 15 is 0 Å². The molecule has 0 bridgehead atoms. The Balaban J connectivity index is 1.74. The van der Waals surface area contributed by atoms with E-state index in [0.29, 0.717) is 0 Å². The molecule has 0 radical (unpaired) electrons. The molecule has 0 saturated carbocycles. The lowest BCUT2D eigenvalue weighted by molar-refractivity contribution is 0.0656. The molecule has 0 atom stereocenters. The summed E-state index contributed by atoms with van der Waals surface area (Å²) in [6.07, 6.45) is 0. The summed E-state index contributed by atoms with van der Waals surface area (Å²) in [6.45, 7) is 1.30. The molecule has 0 fully saturated rings. The van der Waals surface area contributed by atoms with Crippen molar-refractivity contribution in [1.29, 1.82) is 0 Å². The van der Waals surface area contributed by atoms with Crippen LogP contribution in [0.3, 0.4) is 0 Å². The summed E-state index contributed by atoms with van der Waals surface area (Å²) in [5.41, 5.74) is 0.418. The normalized spacial score (nSPS) is 13.8. The first-order chi connectivity index (χ1) is 12.8. The molecule has 27 heavy (non-hydrogen) atoms. The molecule has 9 heteroatoms. The topological polar surface area (TPSA) is 92.8 Å². The van der Waals surface area contributed by atoms with Gasteiger partial charge in [-0.15, -0.1) is 0 Å². The van der Waals surface area contributed by atoms with Crippen molar-refractivity contribution in [2.75, 3.05) is 20.2 Å². The maximum atomic E-state index is 13.8. The Morgan fingerprint density at radius 2 is 1.89 bits per heavy atom. The van der Waals surface area contributed by atoms with E-state index in [4.69, 9.17) is 4.74 Å². The Morgan fingerprint density at radius 3 is 2.56 bits per heavy atom. The van der Waals surface area contributed by atoms with Crippen molar-refractivity contribution in [1.82, 2.24) is 9.62 Å². The zero-order valence-electron chi connectivity index (χ0n) is 14.7. The predicted octanol–water partition coefficient (Wildman–Crippen LogP) is 1.72. The SMILES string of the molecule is COc1ccc(C)cc1S(=O)(=O)NCCN1C(=O)c2cccc(F)c2C1=O. The Kier molecular flexibility index (Phi) is 4.99. The zero-order chi connectivity index (χ0) is 19.8. The molecule has 1 heterocycles. The monoisotopic (exact) mass is 392 g/mol. The number of amides is 2. The number of benzene rings is 2. The first-order valence-electron chi connectivity index (χ1n) is 8.05. The molecule has 2 amide bonds. The van der Waals surface area contributed by atoms with Gasteiger partial charge in [-0.2, -0.15) is 0 Å². The standard InChI is InChI=1S/C18H17FN2O5S/c1-11-6-7-14(26-2)15(10-11)27(24,25)20-8-9-21-17(22)12-4-3-5-13(19)16(12)18(21)23/h3-7,10,20H,8-9H2,1-2H3. The highest BCUT2D eigenvalue weighted by Crippen LogP contribution is 2.26. The van der Waals surface area contributed by atoms with Gasteiger partial charge in [0.25, 0.3) is 11.8 Å². The van der Waals surface area contributed by atoms with E-state index in [-0.39, 0.29) is 34.9 Å². The van der Waals surface area contributed by atoms with E-state index in [1.165, 1.54) is 31.4 Å². The maximum Gasteiger partial charge on any atom is 0.264 e. The third-order valence-electron chi connectivity index (χ3n) is 4.18. The molecule has 1 N–H and O–H groups in total. The number of carbonyl (C=O) groups is 2. The highest BCUT2D eigenvalue weighted by Gasteiger charge is 2.37. The van der Waals surface area contributed by atoms with E-state index in [9.17, 15) is 22.4 Å². The van der Waals surface area contributed by atoms with Crippen molar-refractivity contribution >= 4 is 21.8 Å². The number of hydrogen-bond acceptors (Lipinski definition) is 5. The average molecular weight is 392 g/mol. The first-order valence-corrected chi connectivity index (χ1v) is 9.53. The molecule has 1 aliphatic heterocycles. The lowest BCUT2D eigenvalue weighted by Gasteiger charge is -2.15. The van der Waals surface area contributed by atoms with Crippen LogP contribution in [0, 0.1) is 12.7 Å². The average Bonchev–Trinajstić information content (AvgIpc) is 2.87. The minimum atomic E-state index is -3.93. The molecule has 0 spiro atoms. The fourth-order valence-corrected chi connectivity index (χ4v) is 4.13. The number of nitrogens with zero attached hydrogens (tertiary/aromatic N) is 1. The number of carbonyl (C=O) groups excluding carboxylic acids is 2. The van der Waals surface area contributed by atoms with Crippen LogP contribution < -0.4 is 9.46 Å². The molecule has 1 aliphatic rings. The third-order valence-corrected chi connectivity index (χ3v) is 5.67. The number of sulfonamides is 1. The van der Waals surface area contributed by atoms with Gasteiger partial charge in [0.05, 0.1) is 18.2 Å². The summed E-state index contributed by atoms with van der Waals surface area (Å²) in [5.74, 6) is -2.03. The van der Waals surface area contributed by atoms with Crippen LogP contribution in [-0.2, 0) is 10.0 Å². The second-order valence-corrected chi connectivity index (χ2v) is 7.71. The first kappa shape index (κ1) is 19.0. The Labute approximate surface area is 155 Å². The van der Waals surface area contributed by atoms with Crippen LogP contribution in [0.1, 0.15) is 26.3 Å². The van der Waals surface area contributed by atoms with Crippen LogP contribution in [0.25, 0.3) is 0 Å². The van der Waals surface area contributed by atoms with E-state index in [1.807, 2.05) is 0 Å². The highest BCUT2D eigenvalue weighted by molar-refractivity contribution is 7.89. The van der Waals surface area contributed by atoms with Crippen LogP contribution >= 0.6 is 0 Å². The number of imide groups is 1. The summed E-state index contributed by atoms with van der Waals surface area (Å²) in [4.78, 5) is 25.3. The van der Waals surface area contributed by atoms with Crippen LogP contribution in [0.2, 0.25) is 0 Å². The van der Waals surface area contributed by atoms with Crippen molar-refractivity contribution < 1.29 is 27.1 Å². The van der Waals surface area contributed by atoms with Crippen molar-refractivity contribution in [3.05, 3.63) is 58.9 Å². The van der Waals surface area contributed by atoms with Gasteiger partial charge in [-0.3, -0.25) is 14.5 Å². The predicted molar refractivity (Wildman–Crippen MR) is 94.7 cm³/mol. The number of methoxy groups -OCH3 is 1. The molecule has 7 nitrogen and oxygen atoms in total. The van der Waals surface area contributed by atoms with Crippen LogP contribution in [-0.4, -0.2) is 45.3 Å². The van der Waals surface area contributed by atoms with Gasteiger partial charge in [0.1, 0.15) is 16.5 Å².